The monoisotopic (exact) mass is 277 g/mol. The molecule has 19 heavy (non-hydrogen) atoms. The molecule has 0 amide bonds. The summed E-state index contributed by atoms with van der Waals surface area (Å²) < 4.78 is 4.62. The molecular weight excluding hydrogens is 266 g/mol. The van der Waals surface area contributed by atoms with Gasteiger partial charge in [-0.05, 0) is 24.3 Å². The smallest absolute Gasteiger partial charge is 0.350 e. The van der Waals surface area contributed by atoms with Crippen molar-refractivity contribution in [3.05, 3.63) is 16.3 Å². The van der Waals surface area contributed by atoms with Gasteiger partial charge in [0.05, 0.1) is 12.8 Å². The van der Waals surface area contributed by atoms with Crippen molar-refractivity contribution in [2.75, 3.05) is 12.5 Å². The number of carbonyl (C=O) groups excluding carboxylic acids is 2. The molecule has 1 aliphatic carbocycles. The molecule has 0 radical (unpaired) electrons. The normalized spacial score (nSPS) is 14.6. The molecule has 0 unspecified atom stereocenters. The minimum atomic E-state index is -0.486. The largest absolute Gasteiger partial charge is 0.465 e. The standard InChI is InChI=1S/C12H11N3O3S/c1-18-12(17)11-8(4-5-19-11)14-15-9(6-13)10(16)7-2-3-7/h4-5,7,14H,2-3H2,1H3/b15-9-. The first-order chi connectivity index (χ1) is 9.17. The Morgan fingerprint density at radius 2 is 2.32 bits per heavy atom. The van der Waals surface area contributed by atoms with Gasteiger partial charge in [-0.3, -0.25) is 10.2 Å². The van der Waals surface area contributed by atoms with E-state index in [-0.39, 0.29) is 17.4 Å². The lowest BCUT2D eigenvalue weighted by Crippen LogP contribution is -2.15. The molecule has 1 heterocycles. The van der Waals surface area contributed by atoms with Gasteiger partial charge in [0.15, 0.2) is 5.78 Å². The number of methoxy groups -OCH3 is 1. The highest BCUT2D eigenvalue weighted by Crippen LogP contribution is 2.30. The van der Waals surface area contributed by atoms with Crippen molar-refractivity contribution in [1.82, 2.24) is 0 Å². The van der Waals surface area contributed by atoms with E-state index >= 15 is 0 Å². The van der Waals surface area contributed by atoms with Crippen LogP contribution in [0.1, 0.15) is 22.5 Å². The molecule has 1 aromatic rings. The van der Waals surface area contributed by atoms with E-state index < -0.39 is 5.97 Å². The number of ketones is 1. The lowest BCUT2D eigenvalue weighted by molar-refractivity contribution is -0.113. The number of thiophene rings is 1. The van der Waals surface area contributed by atoms with Crippen LogP contribution in [-0.4, -0.2) is 24.6 Å². The van der Waals surface area contributed by atoms with Crippen molar-refractivity contribution in [3.8, 4) is 6.07 Å². The van der Waals surface area contributed by atoms with Gasteiger partial charge >= 0.3 is 5.97 Å². The Labute approximate surface area is 113 Å². The molecule has 0 saturated heterocycles. The molecule has 0 spiro atoms. The number of nitrogens with one attached hydrogen (secondary N) is 1. The van der Waals surface area contributed by atoms with Crippen molar-refractivity contribution in [2.45, 2.75) is 12.8 Å². The highest BCUT2D eigenvalue weighted by Gasteiger charge is 2.33. The lowest BCUT2D eigenvalue weighted by Gasteiger charge is -2.01. The number of esters is 1. The second-order valence-electron chi connectivity index (χ2n) is 3.98. The number of carbonyl (C=O) groups is 2. The Bertz CT molecular complexity index is 581. The predicted molar refractivity (Wildman–Crippen MR) is 70.1 cm³/mol. The maximum atomic E-state index is 11.7. The van der Waals surface area contributed by atoms with Gasteiger partial charge in [-0.25, -0.2) is 4.79 Å². The molecule has 1 fully saturated rings. The Morgan fingerprint density at radius 1 is 1.58 bits per heavy atom. The summed E-state index contributed by atoms with van der Waals surface area (Å²) in [4.78, 5) is 23.5. The van der Waals surface area contributed by atoms with Crippen LogP contribution in [0.2, 0.25) is 0 Å². The first kappa shape index (κ1) is 13.2. The molecule has 98 valence electrons. The van der Waals surface area contributed by atoms with E-state index in [1.54, 1.807) is 17.5 Å². The third-order valence-corrected chi connectivity index (χ3v) is 3.51. The summed E-state index contributed by atoms with van der Waals surface area (Å²) in [5.74, 6) is -0.799. The molecule has 1 saturated carbocycles. The molecule has 0 aromatic carbocycles. The summed E-state index contributed by atoms with van der Waals surface area (Å²) in [6.45, 7) is 0. The zero-order chi connectivity index (χ0) is 13.8. The van der Waals surface area contributed by atoms with Crippen LogP contribution in [0.4, 0.5) is 5.69 Å². The molecule has 2 rings (SSSR count). The topological polar surface area (TPSA) is 91.5 Å². The van der Waals surface area contributed by atoms with Crippen LogP contribution in [0.5, 0.6) is 0 Å². The Balaban J connectivity index is 2.12. The average molecular weight is 277 g/mol. The highest BCUT2D eigenvalue weighted by molar-refractivity contribution is 7.12. The second kappa shape index (κ2) is 5.63. The number of ether oxygens (including phenoxy) is 1. The van der Waals surface area contributed by atoms with Crippen LogP contribution < -0.4 is 5.43 Å². The van der Waals surface area contributed by atoms with Crippen LogP contribution >= 0.6 is 11.3 Å². The van der Waals surface area contributed by atoms with Gasteiger partial charge in [0.2, 0.25) is 5.71 Å². The zero-order valence-electron chi connectivity index (χ0n) is 10.2. The fourth-order valence-electron chi connectivity index (χ4n) is 1.44. The number of hydrazone groups is 1. The number of anilines is 1. The summed E-state index contributed by atoms with van der Waals surface area (Å²) in [6, 6.07) is 3.41. The first-order valence-corrected chi connectivity index (χ1v) is 6.49. The minimum absolute atomic E-state index is 0.0669. The van der Waals surface area contributed by atoms with Gasteiger partial charge in [-0.2, -0.15) is 10.4 Å². The molecule has 0 aliphatic heterocycles. The van der Waals surface area contributed by atoms with E-state index in [4.69, 9.17) is 5.26 Å². The fourth-order valence-corrected chi connectivity index (χ4v) is 2.20. The third-order valence-electron chi connectivity index (χ3n) is 2.61. The maximum absolute atomic E-state index is 11.7. The highest BCUT2D eigenvalue weighted by atomic mass is 32.1. The summed E-state index contributed by atoms with van der Waals surface area (Å²) in [6.07, 6.45) is 1.62. The van der Waals surface area contributed by atoms with Crippen LogP contribution in [0.3, 0.4) is 0 Å². The Hall–Kier alpha value is -2.20. The first-order valence-electron chi connectivity index (χ1n) is 5.61. The number of Topliss-reactive ketones (excluding diaryl/α,β-unsaturated/α-hetero) is 1. The number of rotatable bonds is 5. The molecule has 1 aliphatic rings. The minimum Gasteiger partial charge on any atom is -0.465 e. The van der Waals surface area contributed by atoms with E-state index in [0.29, 0.717) is 10.6 Å². The number of hydrogen-bond acceptors (Lipinski definition) is 7. The van der Waals surface area contributed by atoms with Gasteiger partial charge in [-0.15, -0.1) is 11.3 Å². The molecular formula is C12H11N3O3S. The van der Waals surface area contributed by atoms with Gasteiger partial charge in [0.25, 0.3) is 0 Å². The second-order valence-corrected chi connectivity index (χ2v) is 4.89. The van der Waals surface area contributed by atoms with E-state index in [0.717, 1.165) is 12.8 Å². The lowest BCUT2D eigenvalue weighted by atomic mass is 10.2. The van der Waals surface area contributed by atoms with Crippen LogP contribution in [0.15, 0.2) is 16.5 Å². The van der Waals surface area contributed by atoms with Crippen molar-refractivity contribution in [1.29, 1.82) is 5.26 Å². The summed E-state index contributed by atoms with van der Waals surface area (Å²) in [7, 11) is 1.28. The van der Waals surface area contributed by atoms with Crippen molar-refractivity contribution in [3.63, 3.8) is 0 Å². The van der Waals surface area contributed by atoms with Crippen molar-refractivity contribution < 1.29 is 14.3 Å². The molecule has 6 nitrogen and oxygen atoms in total. The van der Waals surface area contributed by atoms with Gasteiger partial charge in [0.1, 0.15) is 10.9 Å². The quantitative estimate of drug-likeness (QED) is 0.503. The molecule has 7 heteroatoms. The number of nitriles is 1. The molecule has 1 aromatic heterocycles. The zero-order valence-corrected chi connectivity index (χ0v) is 11.0. The third kappa shape index (κ3) is 2.98. The van der Waals surface area contributed by atoms with Crippen LogP contribution in [-0.2, 0) is 9.53 Å². The molecule has 1 N–H and O–H groups in total. The SMILES string of the molecule is COC(=O)c1sccc1N/N=C(/C#N)C(=O)C1CC1. The van der Waals surface area contributed by atoms with Gasteiger partial charge < -0.3 is 4.74 Å². The molecule has 0 atom stereocenters. The van der Waals surface area contributed by atoms with Crippen LogP contribution in [0, 0.1) is 17.2 Å². The maximum Gasteiger partial charge on any atom is 0.350 e. The van der Waals surface area contributed by atoms with Gasteiger partial charge in [-0.1, -0.05) is 0 Å². The molecule has 0 bridgehead atoms. The fraction of sp³-hybridized carbons (Fsp3) is 0.333. The van der Waals surface area contributed by atoms with Crippen molar-refractivity contribution >= 4 is 34.5 Å². The summed E-state index contributed by atoms with van der Waals surface area (Å²) >= 11 is 1.19. The van der Waals surface area contributed by atoms with E-state index in [2.05, 4.69) is 15.3 Å². The summed E-state index contributed by atoms with van der Waals surface area (Å²) in [5.41, 5.74) is 2.84. The van der Waals surface area contributed by atoms with Crippen LogP contribution in [0.25, 0.3) is 0 Å². The van der Waals surface area contributed by atoms with E-state index in [9.17, 15) is 9.59 Å². The number of hydrogen-bond donors (Lipinski definition) is 1. The Kier molecular flexibility index (Phi) is 3.92. The van der Waals surface area contributed by atoms with E-state index in [1.165, 1.54) is 18.4 Å². The summed E-state index contributed by atoms with van der Waals surface area (Å²) in [5, 5.41) is 14.4. The number of nitrogens with zero attached hydrogens (tertiary/aromatic N) is 2. The van der Waals surface area contributed by atoms with Gasteiger partial charge in [0, 0.05) is 5.92 Å². The van der Waals surface area contributed by atoms with E-state index in [1.807, 2.05) is 0 Å². The van der Waals surface area contributed by atoms with Crippen molar-refractivity contribution in [2.24, 2.45) is 11.0 Å². The Morgan fingerprint density at radius 3 is 2.89 bits per heavy atom. The average Bonchev–Trinajstić information content (AvgIpc) is 3.17. The predicted octanol–water partition coefficient (Wildman–Crippen LogP) is 1.81.